The second-order valence-electron chi connectivity index (χ2n) is 6.97. The lowest BCUT2D eigenvalue weighted by Gasteiger charge is -2.30. The smallest absolute Gasteiger partial charge is 0.225 e. The maximum Gasteiger partial charge on any atom is 0.225 e. The molecule has 0 aliphatic heterocycles. The van der Waals surface area contributed by atoms with Gasteiger partial charge in [-0.1, -0.05) is 31.5 Å². The van der Waals surface area contributed by atoms with Gasteiger partial charge in [-0.05, 0) is 38.2 Å². The first kappa shape index (κ1) is 19.4. The predicted molar refractivity (Wildman–Crippen MR) is 96.2 cm³/mol. The van der Waals surface area contributed by atoms with Gasteiger partial charge >= 0.3 is 0 Å². The molecule has 0 heterocycles. The van der Waals surface area contributed by atoms with Crippen LogP contribution in [0, 0.1) is 17.7 Å². The van der Waals surface area contributed by atoms with Crippen molar-refractivity contribution in [3.8, 4) is 0 Å². The van der Waals surface area contributed by atoms with Crippen molar-refractivity contribution in [1.29, 1.82) is 0 Å². The van der Waals surface area contributed by atoms with E-state index in [1.807, 2.05) is 11.9 Å². The van der Waals surface area contributed by atoms with E-state index in [1.165, 1.54) is 6.07 Å². The number of halogens is 1. The molecule has 0 radical (unpaired) electrons. The number of carbonyl (C=O) groups excluding carboxylic acids is 2. The molecular weight excluding hydrogens is 319 g/mol. The first-order chi connectivity index (χ1) is 12.0. The van der Waals surface area contributed by atoms with Gasteiger partial charge in [-0.3, -0.25) is 9.59 Å². The van der Waals surface area contributed by atoms with Crippen molar-refractivity contribution < 1.29 is 14.0 Å². The van der Waals surface area contributed by atoms with Crippen LogP contribution in [-0.4, -0.2) is 30.3 Å². The summed E-state index contributed by atoms with van der Waals surface area (Å²) in [5.41, 5.74) is 0.497. The molecule has 0 spiro atoms. The van der Waals surface area contributed by atoms with Gasteiger partial charge in [0.05, 0.1) is 0 Å². The highest BCUT2D eigenvalue weighted by Gasteiger charge is 2.31. The number of amides is 2. The third-order valence-electron chi connectivity index (χ3n) is 5.08. The summed E-state index contributed by atoms with van der Waals surface area (Å²) < 4.78 is 13.6. The van der Waals surface area contributed by atoms with Crippen LogP contribution in [0.25, 0.3) is 0 Å². The Labute approximate surface area is 149 Å². The fourth-order valence-corrected chi connectivity index (χ4v) is 3.39. The van der Waals surface area contributed by atoms with Gasteiger partial charge in [-0.15, -0.1) is 0 Å². The first-order valence-electron chi connectivity index (χ1n) is 9.29. The van der Waals surface area contributed by atoms with Crippen molar-refractivity contribution in [1.82, 2.24) is 10.2 Å². The van der Waals surface area contributed by atoms with E-state index in [4.69, 9.17) is 0 Å². The molecule has 0 atom stereocenters. The molecule has 1 aliphatic rings. The quantitative estimate of drug-likeness (QED) is 0.820. The van der Waals surface area contributed by atoms with E-state index in [-0.39, 0.29) is 36.0 Å². The summed E-state index contributed by atoms with van der Waals surface area (Å²) >= 11 is 0. The van der Waals surface area contributed by atoms with Crippen LogP contribution in [0.4, 0.5) is 4.39 Å². The number of rotatable bonds is 7. The SMILES string of the molecule is CCCCN(C)C(=O)C1CCC(C(=O)NCc2ccccc2F)CC1. The minimum absolute atomic E-state index is 0.0338. The van der Waals surface area contributed by atoms with E-state index < -0.39 is 0 Å². The Balaban J connectivity index is 1.76. The summed E-state index contributed by atoms with van der Waals surface area (Å²) in [6.45, 7) is 3.13. The number of hydrogen-bond donors (Lipinski definition) is 1. The molecule has 0 bridgehead atoms. The van der Waals surface area contributed by atoms with E-state index in [1.54, 1.807) is 18.2 Å². The van der Waals surface area contributed by atoms with Crippen molar-refractivity contribution >= 4 is 11.8 Å². The average molecular weight is 348 g/mol. The maximum absolute atomic E-state index is 13.6. The predicted octanol–water partition coefficient (Wildman–Crippen LogP) is 3.51. The number of benzene rings is 1. The van der Waals surface area contributed by atoms with Crippen LogP contribution in [0.3, 0.4) is 0 Å². The molecule has 2 amide bonds. The lowest BCUT2D eigenvalue weighted by Crippen LogP contribution is -2.38. The summed E-state index contributed by atoms with van der Waals surface area (Å²) in [5, 5.41) is 2.83. The Morgan fingerprint density at radius 2 is 1.80 bits per heavy atom. The molecule has 1 aliphatic carbocycles. The summed E-state index contributed by atoms with van der Waals surface area (Å²) in [6.07, 6.45) is 5.06. The fourth-order valence-electron chi connectivity index (χ4n) is 3.39. The molecule has 2 rings (SSSR count). The van der Waals surface area contributed by atoms with Crippen LogP contribution in [0.15, 0.2) is 24.3 Å². The summed E-state index contributed by atoms with van der Waals surface area (Å²) in [4.78, 5) is 26.5. The lowest BCUT2D eigenvalue weighted by molar-refractivity contribution is -0.137. The molecule has 4 nitrogen and oxygen atoms in total. The number of carbonyl (C=O) groups is 2. The molecule has 1 N–H and O–H groups in total. The van der Waals surface area contributed by atoms with Crippen molar-refractivity contribution in [2.24, 2.45) is 11.8 Å². The van der Waals surface area contributed by atoms with E-state index >= 15 is 0 Å². The number of hydrogen-bond acceptors (Lipinski definition) is 2. The van der Waals surface area contributed by atoms with Crippen molar-refractivity contribution in [2.75, 3.05) is 13.6 Å². The van der Waals surface area contributed by atoms with Crippen molar-refractivity contribution in [2.45, 2.75) is 52.0 Å². The third-order valence-corrected chi connectivity index (χ3v) is 5.08. The van der Waals surface area contributed by atoms with Crippen LogP contribution >= 0.6 is 0 Å². The Bertz CT molecular complexity index is 583. The molecule has 25 heavy (non-hydrogen) atoms. The van der Waals surface area contributed by atoms with Gasteiger partial charge < -0.3 is 10.2 Å². The molecule has 5 heteroatoms. The minimum Gasteiger partial charge on any atom is -0.352 e. The highest BCUT2D eigenvalue weighted by Crippen LogP contribution is 2.30. The Hall–Kier alpha value is -1.91. The average Bonchev–Trinajstić information content (AvgIpc) is 2.64. The number of nitrogens with zero attached hydrogens (tertiary/aromatic N) is 1. The van der Waals surface area contributed by atoms with E-state index in [0.717, 1.165) is 45.1 Å². The first-order valence-corrected chi connectivity index (χ1v) is 9.29. The van der Waals surface area contributed by atoms with Crippen LogP contribution in [-0.2, 0) is 16.1 Å². The summed E-state index contributed by atoms with van der Waals surface area (Å²) in [5.74, 6) is -0.159. The van der Waals surface area contributed by atoms with Crippen molar-refractivity contribution in [3.05, 3.63) is 35.6 Å². The fraction of sp³-hybridized carbons (Fsp3) is 0.600. The van der Waals surface area contributed by atoms with Gasteiger partial charge in [0.1, 0.15) is 5.82 Å². The molecule has 1 saturated carbocycles. The van der Waals surface area contributed by atoms with Crippen LogP contribution in [0.2, 0.25) is 0 Å². The molecule has 1 fully saturated rings. The highest BCUT2D eigenvalue weighted by atomic mass is 19.1. The van der Waals surface area contributed by atoms with E-state index in [9.17, 15) is 14.0 Å². The lowest BCUT2D eigenvalue weighted by atomic mass is 9.81. The molecule has 1 aromatic carbocycles. The monoisotopic (exact) mass is 348 g/mol. The molecule has 0 unspecified atom stereocenters. The number of unbranched alkanes of at least 4 members (excludes halogenated alkanes) is 1. The Morgan fingerprint density at radius 3 is 2.44 bits per heavy atom. The minimum atomic E-state index is -0.299. The van der Waals surface area contributed by atoms with Crippen LogP contribution in [0.1, 0.15) is 51.0 Å². The zero-order valence-electron chi connectivity index (χ0n) is 15.3. The number of nitrogens with one attached hydrogen (secondary N) is 1. The van der Waals surface area contributed by atoms with Gasteiger partial charge in [0.2, 0.25) is 11.8 Å². The molecule has 1 aromatic rings. The molecular formula is C20H29FN2O2. The standard InChI is InChI=1S/C20H29FN2O2/c1-3-4-13-23(2)20(25)16-11-9-15(10-12-16)19(24)22-14-17-7-5-6-8-18(17)21/h5-8,15-16H,3-4,9-14H2,1-2H3,(H,22,24). The molecule has 0 saturated heterocycles. The van der Waals surface area contributed by atoms with E-state index in [0.29, 0.717) is 5.56 Å². The van der Waals surface area contributed by atoms with E-state index in [2.05, 4.69) is 12.2 Å². The van der Waals surface area contributed by atoms with Crippen LogP contribution in [0.5, 0.6) is 0 Å². The largest absolute Gasteiger partial charge is 0.352 e. The topological polar surface area (TPSA) is 49.4 Å². The van der Waals surface area contributed by atoms with Gasteiger partial charge in [-0.25, -0.2) is 4.39 Å². The normalized spacial score (nSPS) is 20.1. The maximum atomic E-state index is 13.6. The summed E-state index contributed by atoms with van der Waals surface area (Å²) in [6, 6.07) is 6.47. The zero-order chi connectivity index (χ0) is 18.2. The zero-order valence-corrected chi connectivity index (χ0v) is 15.3. The van der Waals surface area contributed by atoms with Gasteiger partial charge in [0.15, 0.2) is 0 Å². The summed E-state index contributed by atoms with van der Waals surface area (Å²) in [7, 11) is 1.87. The Kier molecular flexibility index (Phi) is 7.41. The third kappa shape index (κ3) is 5.55. The van der Waals surface area contributed by atoms with Crippen molar-refractivity contribution in [3.63, 3.8) is 0 Å². The van der Waals surface area contributed by atoms with Gasteiger partial charge in [0.25, 0.3) is 0 Å². The molecule has 138 valence electrons. The van der Waals surface area contributed by atoms with Gasteiger partial charge in [-0.2, -0.15) is 0 Å². The highest BCUT2D eigenvalue weighted by molar-refractivity contribution is 5.81. The van der Waals surface area contributed by atoms with Crippen LogP contribution < -0.4 is 5.32 Å². The Morgan fingerprint density at radius 1 is 1.16 bits per heavy atom. The second kappa shape index (κ2) is 9.54. The van der Waals surface area contributed by atoms with Gasteiger partial charge in [0, 0.05) is 37.5 Å². The second-order valence-corrected chi connectivity index (χ2v) is 6.97. The molecule has 0 aromatic heterocycles.